The molecule has 2 nitrogen and oxygen atoms in total. The van der Waals surface area contributed by atoms with Crippen LogP contribution in [0.3, 0.4) is 0 Å². The molecule has 2 rings (SSSR count). The Balaban J connectivity index is 2.41. The van der Waals surface area contributed by atoms with Crippen molar-refractivity contribution >= 4 is 30.8 Å². The lowest BCUT2D eigenvalue weighted by Gasteiger charge is -2.36. The first-order valence-electron chi connectivity index (χ1n) is 6.17. The molecule has 18 heavy (non-hydrogen) atoms. The van der Waals surface area contributed by atoms with Crippen LogP contribution in [0.4, 0.5) is 0 Å². The first kappa shape index (κ1) is 13.5. The normalized spacial score (nSPS) is 13.0. The molecular weight excluding hydrogens is 262 g/mol. The van der Waals surface area contributed by atoms with Gasteiger partial charge in [-0.2, -0.15) is 0 Å². The molecule has 1 aromatic carbocycles. The van der Waals surface area contributed by atoms with Gasteiger partial charge in [0.1, 0.15) is 5.75 Å². The van der Waals surface area contributed by atoms with Gasteiger partial charge in [0, 0.05) is 17.1 Å². The van der Waals surface area contributed by atoms with Crippen molar-refractivity contribution in [3.05, 3.63) is 29.4 Å². The van der Waals surface area contributed by atoms with E-state index >= 15 is 0 Å². The fourth-order valence-electron chi connectivity index (χ4n) is 1.58. The first-order valence-corrected chi connectivity index (χ1v) is 9.45. The van der Waals surface area contributed by atoms with Gasteiger partial charge >= 0.3 is 0 Å². The number of rotatable bonds is 2. The Morgan fingerprint density at radius 1 is 1.17 bits per heavy atom. The van der Waals surface area contributed by atoms with Crippen molar-refractivity contribution in [2.24, 2.45) is 0 Å². The zero-order valence-electron chi connectivity index (χ0n) is 11.6. The fourth-order valence-corrected chi connectivity index (χ4v) is 2.94. The molecule has 0 radical (unpaired) electrons. The molecule has 98 valence electrons. The van der Waals surface area contributed by atoms with Crippen LogP contribution in [0, 0.1) is 0 Å². The summed E-state index contributed by atoms with van der Waals surface area (Å²) < 4.78 is 6.27. The Morgan fingerprint density at radius 3 is 2.44 bits per heavy atom. The van der Waals surface area contributed by atoms with Crippen LogP contribution in [0.5, 0.6) is 5.75 Å². The average molecular weight is 282 g/mol. The average Bonchev–Trinajstić information content (AvgIpc) is 2.69. The van der Waals surface area contributed by atoms with Gasteiger partial charge in [-0.3, -0.25) is 0 Å². The Morgan fingerprint density at radius 2 is 1.83 bits per heavy atom. The Labute approximate surface area is 114 Å². The van der Waals surface area contributed by atoms with Crippen molar-refractivity contribution in [3.63, 3.8) is 0 Å². The van der Waals surface area contributed by atoms with Crippen LogP contribution in [0.1, 0.15) is 20.8 Å². The van der Waals surface area contributed by atoms with Crippen molar-refractivity contribution in [3.8, 4) is 5.75 Å². The number of hydrogen-bond donors (Lipinski definition) is 1. The molecule has 0 amide bonds. The number of fused-ring (bicyclic) bond motifs is 1. The zero-order chi connectivity index (χ0) is 13.6. The maximum Gasteiger partial charge on any atom is 0.250 e. The summed E-state index contributed by atoms with van der Waals surface area (Å²) in [6.45, 7) is 11.1. The molecule has 0 saturated heterocycles. The van der Waals surface area contributed by atoms with Crippen molar-refractivity contribution in [2.75, 3.05) is 0 Å². The smallest absolute Gasteiger partial charge is 0.250 e. The Kier molecular flexibility index (Phi) is 3.24. The van der Waals surface area contributed by atoms with Gasteiger partial charge in [-0.15, -0.1) is 0 Å². The number of halogens is 1. The fraction of sp³-hybridized carbons (Fsp3) is 0.429. The van der Waals surface area contributed by atoms with Crippen molar-refractivity contribution < 1.29 is 4.43 Å². The van der Waals surface area contributed by atoms with Gasteiger partial charge in [-0.25, -0.2) is 0 Å². The van der Waals surface area contributed by atoms with E-state index in [9.17, 15) is 0 Å². The monoisotopic (exact) mass is 281 g/mol. The highest BCUT2D eigenvalue weighted by Crippen LogP contribution is 2.40. The minimum Gasteiger partial charge on any atom is -0.542 e. The molecule has 4 heteroatoms. The van der Waals surface area contributed by atoms with Gasteiger partial charge in [-0.1, -0.05) is 32.4 Å². The lowest BCUT2D eigenvalue weighted by atomic mass is 10.2. The summed E-state index contributed by atoms with van der Waals surface area (Å²) in [5.74, 6) is 0.801. The van der Waals surface area contributed by atoms with Crippen LogP contribution >= 0.6 is 11.6 Å². The molecule has 0 aliphatic carbocycles. The van der Waals surface area contributed by atoms with E-state index in [0.29, 0.717) is 5.02 Å². The molecule has 0 spiro atoms. The second-order valence-corrected chi connectivity index (χ2v) is 11.3. The van der Waals surface area contributed by atoms with Crippen LogP contribution in [0.15, 0.2) is 24.4 Å². The standard InChI is InChI=1S/C14H20ClNOSi/c1-14(2,3)18(4,5)17-12-7-6-11-10(13(12)15)8-9-16-11/h6-9,16H,1-5H3. The molecule has 1 aromatic heterocycles. The molecule has 2 aromatic rings. The van der Waals surface area contributed by atoms with Crippen LogP contribution < -0.4 is 4.43 Å². The molecule has 0 fully saturated rings. The molecule has 1 heterocycles. The highest BCUT2D eigenvalue weighted by molar-refractivity contribution is 6.74. The maximum absolute atomic E-state index is 6.42. The van der Waals surface area contributed by atoms with Crippen LogP contribution in [0.25, 0.3) is 10.9 Å². The van der Waals surface area contributed by atoms with Crippen LogP contribution in [-0.2, 0) is 0 Å². The van der Waals surface area contributed by atoms with E-state index < -0.39 is 8.32 Å². The van der Waals surface area contributed by atoms with Gasteiger partial charge < -0.3 is 9.41 Å². The summed E-state index contributed by atoms with van der Waals surface area (Å²) in [6.07, 6.45) is 1.90. The molecule has 0 aliphatic rings. The Hall–Kier alpha value is -0.933. The number of benzene rings is 1. The van der Waals surface area contributed by atoms with Crippen molar-refractivity contribution in [2.45, 2.75) is 38.9 Å². The molecule has 1 N–H and O–H groups in total. The number of aromatic nitrogens is 1. The van der Waals surface area contributed by atoms with Gasteiger partial charge in [0.05, 0.1) is 5.02 Å². The predicted molar refractivity (Wildman–Crippen MR) is 81.1 cm³/mol. The van der Waals surface area contributed by atoms with E-state index in [0.717, 1.165) is 16.7 Å². The van der Waals surface area contributed by atoms with Gasteiger partial charge in [-0.05, 0) is 36.3 Å². The summed E-state index contributed by atoms with van der Waals surface area (Å²) >= 11 is 6.42. The minimum atomic E-state index is -1.84. The van der Waals surface area contributed by atoms with E-state index in [1.54, 1.807) is 0 Å². The molecule has 0 atom stereocenters. The molecule has 0 unspecified atom stereocenters. The number of aromatic amines is 1. The van der Waals surface area contributed by atoms with Crippen molar-refractivity contribution in [1.82, 2.24) is 4.98 Å². The van der Waals surface area contributed by atoms with Crippen molar-refractivity contribution in [1.29, 1.82) is 0 Å². The van der Waals surface area contributed by atoms with E-state index in [2.05, 4.69) is 38.8 Å². The van der Waals surface area contributed by atoms with Gasteiger partial charge in [0.25, 0.3) is 8.32 Å². The molecule has 0 saturated carbocycles. The van der Waals surface area contributed by atoms with Crippen LogP contribution in [0.2, 0.25) is 23.2 Å². The third-order valence-corrected chi connectivity index (χ3v) is 8.54. The third kappa shape index (κ3) is 2.29. The third-order valence-electron chi connectivity index (χ3n) is 3.80. The van der Waals surface area contributed by atoms with E-state index in [1.165, 1.54) is 0 Å². The minimum absolute atomic E-state index is 0.170. The summed E-state index contributed by atoms with van der Waals surface area (Å²) in [4.78, 5) is 3.15. The maximum atomic E-state index is 6.42. The predicted octanol–water partition coefficient (Wildman–Crippen LogP) is 5.21. The van der Waals surface area contributed by atoms with E-state index in [4.69, 9.17) is 16.0 Å². The van der Waals surface area contributed by atoms with Gasteiger partial charge in [0.2, 0.25) is 0 Å². The molecular formula is C14H20ClNOSi. The highest BCUT2D eigenvalue weighted by atomic mass is 35.5. The topological polar surface area (TPSA) is 25.0 Å². The van der Waals surface area contributed by atoms with E-state index in [-0.39, 0.29) is 5.04 Å². The first-order chi connectivity index (χ1) is 8.22. The lowest BCUT2D eigenvalue weighted by Crippen LogP contribution is -2.43. The second-order valence-electron chi connectivity index (χ2n) is 6.18. The Bertz CT molecular complexity index is 569. The van der Waals surface area contributed by atoms with Gasteiger partial charge in [0.15, 0.2) is 0 Å². The number of hydrogen-bond acceptors (Lipinski definition) is 1. The zero-order valence-corrected chi connectivity index (χ0v) is 13.4. The lowest BCUT2D eigenvalue weighted by molar-refractivity contribution is 0.493. The number of H-pyrrole nitrogens is 1. The molecule has 0 bridgehead atoms. The summed E-state index contributed by atoms with van der Waals surface area (Å²) in [5, 5.41) is 1.90. The quantitative estimate of drug-likeness (QED) is 0.752. The summed E-state index contributed by atoms with van der Waals surface area (Å²) in [6, 6.07) is 5.96. The summed E-state index contributed by atoms with van der Waals surface area (Å²) in [7, 11) is -1.84. The number of nitrogens with one attached hydrogen (secondary N) is 1. The highest BCUT2D eigenvalue weighted by Gasteiger charge is 2.39. The molecule has 0 aliphatic heterocycles. The largest absolute Gasteiger partial charge is 0.542 e. The van der Waals surface area contributed by atoms with Crippen LogP contribution in [-0.4, -0.2) is 13.3 Å². The summed E-state index contributed by atoms with van der Waals surface area (Å²) in [5.41, 5.74) is 1.04. The SMILES string of the molecule is CC(C)(C)[Si](C)(C)Oc1ccc2[nH]ccc2c1Cl. The second kappa shape index (κ2) is 4.32. The van der Waals surface area contributed by atoms with E-state index in [1.807, 2.05) is 24.4 Å².